The second kappa shape index (κ2) is 7.12. The highest BCUT2D eigenvalue weighted by Gasteiger charge is 2.15. The van der Waals surface area contributed by atoms with Gasteiger partial charge in [-0.1, -0.05) is 12.1 Å². The number of carboxylic acid groups (broad SMARTS) is 1. The molecule has 8 heteroatoms. The summed E-state index contributed by atoms with van der Waals surface area (Å²) in [5.41, 5.74) is 1.45. The second-order valence-electron chi connectivity index (χ2n) is 5.71. The summed E-state index contributed by atoms with van der Waals surface area (Å²) in [6.07, 6.45) is 3.52. The van der Waals surface area contributed by atoms with Gasteiger partial charge >= 0.3 is 12.0 Å². The number of nitrogens with one attached hydrogen (secondary N) is 2. The van der Waals surface area contributed by atoms with Gasteiger partial charge < -0.3 is 10.4 Å². The van der Waals surface area contributed by atoms with E-state index in [0.717, 1.165) is 37.2 Å². The van der Waals surface area contributed by atoms with Crippen LogP contribution in [0.4, 0.5) is 16.4 Å². The molecule has 0 bridgehead atoms. The minimum absolute atomic E-state index is 0.0553. The molecular weight excluding hydrogens is 310 g/mol. The number of anilines is 2. The Balaban J connectivity index is 1.59. The van der Waals surface area contributed by atoms with Crippen LogP contribution >= 0.6 is 0 Å². The predicted octanol–water partition coefficient (Wildman–Crippen LogP) is 2.28. The average molecular weight is 329 g/mol. The van der Waals surface area contributed by atoms with Crippen molar-refractivity contribution in [2.24, 2.45) is 0 Å². The summed E-state index contributed by atoms with van der Waals surface area (Å²) < 4.78 is 1.83. The fraction of sp³-hybridized carbons (Fsp3) is 0.375. The Hall–Kier alpha value is -2.90. The van der Waals surface area contributed by atoms with E-state index in [-0.39, 0.29) is 6.42 Å². The Morgan fingerprint density at radius 3 is 2.92 bits per heavy atom. The zero-order chi connectivity index (χ0) is 16.9. The van der Waals surface area contributed by atoms with Crippen molar-refractivity contribution < 1.29 is 14.7 Å². The molecule has 0 atom stereocenters. The van der Waals surface area contributed by atoms with Gasteiger partial charge in [-0.3, -0.25) is 10.1 Å². The van der Waals surface area contributed by atoms with Crippen molar-refractivity contribution in [3.63, 3.8) is 0 Å². The first kappa shape index (κ1) is 16.0. The lowest BCUT2D eigenvalue weighted by molar-refractivity contribution is -0.136. The smallest absolute Gasteiger partial charge is 0.326 e. The number of nitrogens with zero attached hydrogens (tertiary/aromatic N) is 3. The van der Waals surface area contributed by atoms with Gasteiger partial charge in [-0.15, -0.1) is 5.10 Å². The number of urea groups is 1. The fourth-order valence-electron chi connectivity index (χ4n) is 2.66. The normalized spacial score (nSPS) is 13.2. The molecule has 1 aliphatic rings. The minimum Gasteiger partial charge on any atom is -0.481 e. The summed E-state index contributed by atoms with van der Waals surface area (Å²) in [7, 11) is 0. The van der Waals surface area contributed by atoms with Crippen LogP contribution in [0.2, 0.25) is 0 Å². The first-order valence-electron chi connectivity index (χ1n) is 7.92. The molecular formula is C16H19N5O3. The number of carbonyl (C=O) groups excluding carboxylic acids is 1. The number of rotatable bonds is 5. The van der Waals surface area contributed by atoms with E-state index < -0.39 is 12.0 Å². The van der Waals surface area contributed by atoms with Crippen LogP contribution < -0.4 is 10.6 Å². The second-order valence-corrected chi connectivity index (χ2v) is 5.71. The molecule has 1 aliphatic heterocycles. The molecule has 8 nitrogen and oxygen atoms in total. The number of carbonyl (C=O) groups is 2. The van der Waals surface area contributed by atoms with E-state index in [4.69, 9.17) is 5.11 Å². The first-order chi connectivity index (χ1) is 11.6. The van der Waals surface area contributed by atoms with Gasteiger partial charge in [0.1, 0.15) is 5.82 Å². The highest BCUT2D eigenvalue weighted by Crippen LogP contribution is 2.15. The molecule has 0 unspecified atom stereocenters. The molecule has 0 saturated heterocycles. The zero-order valence-electron chi connectivity index (χ0n) is 13.2. The Morgan fingerprint density at radius 2 is 2.12 bits per heavy atom. The van der Waals surface area contributed by atoms with Gasteiger partial charge in [0, 0.05) is 25.1 Å². The number of aliphatic carboxylic acids is 1. The van der Waals surface area contributed by atoms with Crippen molar-refractivity contribution in [3.8, 4) is 0 Å². The van der Waals surface area contributed by atoms with Crippen LogP contribution in [-0.2, 0) is 24.2 Å². The molecule has 0 radical (unpaired) electrons. The van der Waals surface area contributed by atoms with Gasteiger partial charge in [0.25, 0.3) is 0 Å². The SMILES string of the molecule is O=C(O)CCc1cccc(NC(=O)Nc2nc3n(n2)CCCC3)c1. The Morgan fingerprint density at radius 1 is 1.25 bits per heavy atom. The predicted molar refractivity (Wildman–Crippen MR) is 88.0 cm³/mol. The molecule has 24 heavy (non-hydrogen) atoms. The van der Waals surface area contributed by atoms with Crippen LogP contribution in [0.25, 0.3) is 0 Å². The summed E-state index contributed by atoms with van der Waals surface area (Å²) in [5, 5.41) is 18.3. The van der Waals surface area contributed by atoms with Crippen molar-refractivity contribution in [2.75, 3.05) is 10.6 Å². The van der Waals surface area contributed by atoms with Crippen molar-refractivity contribution >= 4 is 23.6 Å². The number of hydrogen-bond acceptors (Lipinski definition) is 4. The standard InChI is InChI=1S/C16H19N5O3/c22-14(23)8-7-11-4-3-5-12(10-11)17-16(24)19-15-18-13-6-1-2-9-21(13)20-15/h3-5,10H,1-2,6-9H2,(H,22,23)(H2,17,19,20,24). The third kappa shape index (κ3) is 4.09. The number of amides is 2. The van der Waals surface area contributed by atoms with Crippen LogP contribution in [0.1, 0.15) is 30.7 Å². The van der Waals surface area contributed by atoms with Crippen LogP contribution in [0.5, 0.6) is 0 Å². The molecule has 0 spiro atoms. The van der Waals surface area contributed by atoms with E-state index in [0.29, 0.717) is 18.1 Å². The van der Waals surface area contributed by atoms with E-state index in [1.165, 1.54) is 0 Å². The highest BCUT2D eigenvalue weighted by atomic mass is 16.4. The third-order valence-electron chi connectivity index (χ3n) is 3.81. The van der Waals surface area contributed by atoms with Gasteiger partial charge in [-0.2, -0.15) is 4.98 Å². The zero-order valence-corrected chi connectivity index (χ0v) is 13.2. The lowest BCUT2D eigenvalue weighted by atomic mass is 10.1. The number of benzene rings is 1. The first-order valence-corrected chi connectivity index (χ1v) is 7.92. The Labute approximate surface area is 138 Å². The summed E-state index contributed by atoms with van der Waals surface area (Å²) in [6, 6.07) is 6.69. The maximum absolute atomic E-state index is 12.1. The van der Waals surface area contributed by atoms with Crippen molar-refractivity contribution in [1.82, 2.24) is 14.8 Å². The summed E-state index contributed by atoms with van der Waals surface area (Å²) in [4.78, 5) is 27.0. The van der Waals surface area contributed by atoms with Gasteiger partial charge in [-0.25, -0.2) is 9.48 Å². The summed E-state index contributed by atoms with van der Waals surface area (Å²) in [6.45, 7) is 0.831. The monoisotopic (exact) mass is 329 g/mol. The van der Waals surface area contributed by atoms with Crippen LogP contribution in [0, 0.1) is 0 Å². The molecule has 2 amide bonds. The topological polar surface area (TPSA) is 109 Å². The quantitative estimate of drug-likeness (QED) is 0.779. The van der Waals surface area contributed by atoms with Gasteiger partial charge in [-0.05, 0) is 37.0 Å². The Kier molecular flexibility index (Phi) is 4.74. The highest BCUT2D eigenvalue weighted by molar-refractivity contribution is 5.98. The van der Waals surface area contributed by atoms with Gasteiger partial charge in [0.15, 0.2) is 0 Å². The van der Waals surface area contributed by atoms with Gasteiger partial charge in [0.05, 0.1) is 0 Å². The van der Waals surface area contributed by atoms with E-state index in [9.17, 15) is 9.59 Å². The minimum atomic E-state index is -0.846. The van der Waals surface area contributed by atoms with Crippen molar-refractivity contribution in [2.45, 2.75) is 38.6 Å². The summed E-state index contributed by atoms with van der Waals surface area (Å²) in [5.74, 6) is 0.347. The molecule has 2 aromatic rings. The number of aromatic nitrogens is 3. The van der Waals surface area contributed by atoms with Crippen molar-refractivity contribution in [1.29, 1.82) is 0 Å². The average Bonchev–Trinajstić information content (AvgIpc) is 2.95. The van der Waals surface area contributed by atoms with E-state index >= 15 is 0 Å². The molecule has 0 aliphatic carbocycles. The Bertz CT molecular complexity index is 732. The number of hydrogen-bond donors (Lipinski definition) is 3. The lowest BCUT2D eigenvalue weighted by Gasteiger charge is -2.09. The largest absolute Gasteiger partial charge is 0.481 e. The molecule has 2 heterocycles. The molecule has 0 saturated carbocycles. The summed E-state index contributed by atoms with van der Waals surface area (Å²) >= 11 is 0. The van der Waals surface area contributed by atoms with Crippen LogP contribution in [0.3, 0.4) is 0 Å². The van der Waals surface area contributed by atoms with E-state index in [2.05, 4.69) is 20.7 Å². The third-order valence-corrected chi connectivity index (χ3v) is 3.81. The molecule has 1 aromatic carbocycles. The molecule has 126 valence electrons. The molecule has 1 aromatic heterocycles. The van der Waals surface area contributed by atoms with E-state index in [1.54, 1.807) is 18.2 Å². The molecule has 3 N–H and O–H groups in total. The maximum atomic E-state index is 12.1. The maximum Gasteiger partial charge on any atom is 0.326 e. The van der Waals surface area contributed by atoms with Crippen molar-refractivity contribution in [3.05, 3.63) is 35.7 Å². The fourth-order valence-corrected chi connectivity index (χ4v) is 2.66. The van der Waals surface area contributed by atoms with Crippen LogP contribution in [0.15, 0.2) is 24.3 Å². The molecule has 3 rings (SSSR count). The lowest BCUT2D eigenvalue weighted by Crippen LogP contribution is -2.20. The van der Waals surface area contributed by atoms with Gasteiger partial charge in [0.2, 0.25) is 5.95 Å². The van der Waals surface area contributed by atoms with Crippen LogP contribution in [-0.4, -0.2) is 31.9 Å². The number of carboxylic acids is 1. The van der Waals surface area contributed by atoms with E-state index in [1.807, 2.05) is 10.7 Å². The number of aryl methyl sites for hydroxylation is 3. The molecule has 0 fully saturated rings. The number of fused-ring (bicyclic) bond motifs is 1.